The molecule has 0 saturated carbocycles. The first-order chi connectivity index (χ1) is 5.81. The summed E-state index contributed by atoms with van der Waals surface area (Å²) in [4.78, 5) is 21.0. The van der Waals surface area contributed by atoms with Crippen molar-refractivity contribution in [3.05, 3.63) is 33.5 Å². The van der Waals surface area contributed by atoms with E-state index in [4.69, 9.17) is 0 Å². The quantitative estimate of drug-likeness (QED) is 0.489. The standard InChI is InChI=1S/C10H12O2/c1-2-3-4-5-6-8-9(7-11)10(8)12/h3-4,7H,2,5-6H2,1H3/b4-3+. The Bertz CT molecular complexity index is 301. The number of hydrogen-bond donors (Lipinski definition) is 0. The molecule has 0 aliphatic carbocycles. The molecule has 0 aromatic heterocycles. The average Bonchev–Trinajstić information content (AvgIpc) is 2.70. The van der Waals surface area contributed by atoms with Crippen molar-refractivity contribution < 1.29 is 4.79 Å². The largest absolute Gasteiger partial charge is 0.298 e. The van der Waals surface area contributed by atoms with Crippen molar-refractivity contribution in [3.63, 3.8) is 0 Å². The van der Waals surface area contributed by atoms with E-state index in [1.54, 1.807) is 0 Å². The number of hydrogen-bond acceptors (Lipinski definition) is 2. The zero-order valence-corrected chi connectivity index (χ0v) is 7.17. The smallest absolute Gasteiger partial charge is 0.193 e. The van der Waals surface area contributed by atoms with Crippen LogP contribution in [0.15, 0.2) is 16.9 Å². The van der Waals surface area contributed by atoms with Crippen molar-refractivity contribution in [1.29, 1.82) is 0 Å². The van der Waals surface area contributed by atoms with Crippen LogP contribution in [0.3, 0.4) is 0 Å². The summed E-state index contributed by atoms with van der Waals surface area (Å²) in [5.41, 5.74) is 1.10. The van der Waals surface area contributed by atoms with Gasteiger partial charge in [-0.3, -0.25) is 9.59 Å². The minimum atomic E-state index is -0.0325. The van der Waals surface area contributed by atoms with Crippen LogP contribution in [0, 0.1) is 0 Å². The van der Waals surface area contributed by atoms with Crippen molar-refractivity contribution in [2.24, 2.45) is 0 Å². The third-order valence-electron chi connectivity index (χ3n) is 1.86. The van der Waals surface area contributed by atoms with E-state index < -0.39 is 0 Å². The van der Waals surface area contributed by atoms with Crippen LogP contribution in [0.25, 0.3) is 0 Å². The number of rotatable bonds is 5. The lowest BCUT2D eigenvalue weighted by atomic mass is 10.2. The molecular formula is C10H12O2. The van der Waals surface area contributed by atoms with Gasteiger partial charge in [-0.2, -0.15) is 0 Å². The molecule has 1 rings (SSSR count). The maximum atomic E-state index is 10.8. The fraction of sp³-hybridized carbons (Fsp3) is 0.400. The third kappa shape index (κ3) is 1.91. The second-order valence-corrected chi connectivity index (χ2v) is 2.76. The number of carbonyl (C=O) groups is 1. The molecule has 0 bridgehead atoms. The molecule has 64 valence electrons. The highest BCUT2D eigenvalue weighted by Crippen LogP contribution is 2.08. The lowest BCUT2D eigenvalue weighted by molar-refractivity contribution is 0.112. The molecule has 0 spiro atoms. The molecular weight excluding hydrogens is 152 g/mol. The maximum Gasteiger partial charge on any atom is 0.193 e. The normalized spacial score (nSPS) is 11.4. The van der Waals surface area contributed by atoms with Gasteiger partial charge in [-0.1, -0.05) is 19.1 Å². The van der Waals surface area contributed by atoms with Crippen LogP contribution in [0.1, 0.15) is 35.7 Å². The van der Waals surface area contributed by atoms with Crippen LogP contribution < -0.4 is 5.43 Å². The topological polar surface area (TPSA) is 34.1 Å². The Morgan fingerprint density at radius 3 is 2.58 bits per heavy atom. The lowest BCUT2D eigenvalue weighted by Gasteiger charge is -1.83. The Labute approximate surface area is 71.6 Å². The summed E-state index contributed by atoms with van der Waals surface area (Å²) in [5, 5.41) is 0. The van der Waals surface area contributed by atoms with Crippen molar-refractivity contribution >= 4 is 6.29 Å². The van der Waals surface area contributed by atoms with E-state index in [-0.39, 0.29) is 5.43 Å². The SMILES string of the molecule is CC/C=C/CCc1c(C=O)c1=O. The van der Waals surface area contributed by atoms with Gasteiger partial charge in [0.2, 0.25) is 0 Å². The van der Waals surface area contributed by atoms with Crippen molar-refractivity contribution in [3.8, 4) is 0 Å². The van der Waals surface area contributed by atoms with Crippen LogP contribution in [0.5, 0.6) is 0 Å². The second kappa shape index (κ2) is 4.00. The number of carbonyl (C=O) groups excluding carboxylic acids is 1. The van der Waals surface area contributed by atoms with E-state index >= 15 is 0 Å². The van der Waals surface area contributed by atoms with Gasteiger partial charge in [-0.05, 0) is 19.3 Å². The fourth-order valence-corrected chi connectivity index (χ4v) is 1.11. The van der Waals surface area contributed by atoms with E-state index in [0.717, 1.165) is 24.8 Å². The Balaban J connectivity index is 2.30. The highest BCUT2D eigenvalue weighted by molar-refractivity contribution is 5.83. The molecule has 2 nitrogen and oxygen atoms in total. The van der Waals surface area contributed by atoms with Gasteiger partial charge < -0.3 is 0 Å². The molecule has 0 heterocycles. The Hall–Kier alpha value is -1.18. The number of allylic oxidation sites excluding steroid dienone is 2. The lowest BCUT2D eigenvalue weighted by Crippen LogP contribution is -1.81. The summed E-state index contributed by atoms with van der Waals surface area (Å²) in [6, 6.07) is 0. The number of aldehydes is 1. The first kappa shape index (κ1) is 8.91. The van der Waals surface area contributed by atoms with Crippen molar-refractivity contribution in [2.75, 3.05) is 0 Å². The van der Waals surface area contributed by atoms with Gasteiger partial charge in [-0.15, -0.1) is 0 Å². The molecule has 0 atom stereocenters. The molecule has 0 aliphatic heterocycles. The van der Waals surface area contributed by atoms with Crippen molar-refractivity contribution in [1.82, 2.24) is 0 Å². The van der Waals surface area contributed by atoms with Gasteiger partial charge in [0.15, 0.2) is 11.7 Å². The maximum absolute atomic E-state index is 10.8. The Kier molecular flexibility index (Phi) is 2.97. The van der Waals surface area contributed by atoms with E-state index in [9.17, 15) is 9.59 Å². The molecule has 1 aromatic carbocycles. The van der Waals surface area contributed by atoms with Gasteiger partial charge >= 0.3 is 0 Å². The van der Waals surface area contributed by atoms with Gasteiger partial charge in [0.25, 0.3) is 0 Å². The van der Waals surface area contributed by atoms with E-state index in [0.29, 0.717) is 11.8 Å². The Morgan fingerprint density at radius 2 is 2.08 bits per heavy atom. The molecule has 0 aliphatic rings. The molecule has 0 unspecified atom stereocenters. The van der Waals surface area contributed by atoms with Crippen LogP contribution >= 0.6 is 0 Å². The summed E-state index contributed by atoms with van der Waals surface area (Å²) < 4.78 is 0. The molecule has 0 saturated heterocycles. The Morgan fingerprint density at radius 1 is 1.33 bits per heavy atom. The van der Waals surface area contributed by atoms with Gasteiger partial charge in [0.1, 0.15) is 0 Å². The summed E-state index contributed by atoms with van der Waals surface area (Å²) >= 11 is 0. The predicted octanol–water partition coefficient (Wildman–Crippen LogP) is 1.63. The van der Waals surface area contributed by atoms with Crippen molar-refractivity contribution in [2.45, 2.75) is 26.2 Å². The van der Waals surface area contributed by atoms with Crippen LogP contribution in [-0.2, 0) is 6.42 Å². The fourth-order valence-electron chi connectivity index (χ4n) is 1.11. The van der Waals surface area contributed by atoms with Crippen LogP contribution in [-0.4, -0.2) is 6.29 Å². The van der Waals surface area contributed by atoms with Gasteiger partial charge in [0.05, 0.1) is 5.56 Å². The molecule has 1 aromatic rings. The third-order valence-corrected chi connectivity index (χ3v) is 1.86. The molecule has 0 amide bonds. The second-order valence-electron chi connectivity index (χ2n) is 2.76. The minimum Gasteiger partial charge on any atom is -0.298 e. The predicted molar refractivity (Wildman–Crippen MR) is 48.2 cm³/mol. The van der Waals surface area contributed by atoms with Gasteiger partial charge in [0, 0.05) is 5.56 Å². The monoisotopic (exact) mass is 164 g/mol. The van der Waals surface area contributed by atoms with Crippen LogP contribution in [0.4, 0.5) is 0 Å². The average molecular weight is 164 g/mol. The molecule has 0 N–H and O–H groups in total. The summed E-state index contributed by atoms with van der Waals surface area (Å²) in [6.45, 7) is 2.06. The highest BCUT2D eigenvalue weighted by atomic mass is 16.1. The molecule has 12 heavy (non-hydrogen) atoms. The molecule has 2 heteroatoms. The highest BCUT2D eigenvalue weighted by Gasteiger charge is 2.19. The van der Waals surface area contributed by atoms with Crippen LogP contribution in [0.2, 0.25) is 0 Å². The van der Waals surface area contributed by atoms with E-state index in [1.807, 2.05) is 6.08 Å². The zero-order valence-electron chi connectivity index (χ0n) is 7.17. The summed E-state index contributed by atoms with van der Waals surface area (Å²) in [6.07, 6.45) is 7.37. The summed E-state index contributed by atoms with van der Waals surface area (Å²) in [7, 11) is 0. The first-order valence-electron chi connectivity index (χ1n) is 4.19. The first-order valence-corrected chi connectivity index (χ1v) is 4.19. The van der Waals surface area contributed by atoms with E-state index in [2.05, 4.69) is 13.0 Å². The summed E-state index contributed by atoms with van der Waals surface area (Å²) in [5.74, 6) is 0. The zero-order chi connectivity index (χ0) is 8.97. The van der Waals surface area contributed by atoms with E-state index in [1.165, 1.54) is 0 Å². The molecule has 0 fully saturated rings. The van der Waals surface area contributed by atoms with Gasteiger partial charge in [-0.25, -0.2) is 0 Å². The minimum absolute atomic E-state index is 0.0325. The molecule has 0 radical (unpaired) electrons.